The molecule has 13 heavy (non-hydrogen) atoms. The fraction of sp³-hybridized carbons (Fsp3) is 0.600. The van der Waals surface area contributed by atoms with Crippen LogP contribution in [0.1, 0.15) is 23.6 Å². The molecule has 0 fully saturated rings. The van der Waals surface area contributed by atoms with Gasteiger partial charge in [-0.2, -0.15) is 0 Å². The van der Waals surface area contributed by atoms with Gasteiger partial charge in [0.25, 0.3) is 0 Å². The molecule has 1 heterocycles. The zero-order valence-corrected chi connectivity index (χ0v) is 9.28. The summed E-state index contributed by atoms with van der Waals surface area (Å²) >= 11 is 1.74. The van der Waals surface area contributed by atoms with Crippen molar-refractivity contribution in [2.24, 2.45) is 5.73 Å². The zero-order valence-electron chi connectivity index (χ0n) is 8.46. The summed E-state index contributed by atoms with van der Waals surface area (Å²) in [6.07, 6.45) is 0. The van der Waals surface area contributed by atoms with E-state index in [9.17, 15) is 0 Å². The molecule has 0 saturated carbocycles. The minimum Gasteiger partial charge on any atom is -0.379 e. The molecule has 3 heteroatoms. The Kier molecular flexibility index (Phi) is 3.47. The van der Waals surface area contributed by atoms with Crippen LogP contribution in [0.15, 0.2) is 12.1 Å². The summed E-state index contributed by atoms with van der Waals surface area (Å²) < 4.78 is 5.34. The summed E-state index contributed by atoms with van der Waals surface area (Å²) in [7, 11) is 0. The van der Waals surface area contributed by atoms with E-state index < -0.39 is 0 Å². The Hall–Kier alpha value is -0.380. The van der Waals surface area contributed by atoms with Gasteiger partial charge in [0.2, 0.25) is 0 Å². The van der Waals surface area contributed by atoms with Crippen molar-refractivity contribution in [2.45, 2.75) is 26.3 Å². The highest BCUT2D eigenvalue weighted by atomic mass is 32.1. The van der Waals surface area contributed by atoms with Gasteiger partial charge in [-0.15, -0.1) is 11.3 Å². The molecule has 1 rings (SSSR count). The Labute approximate surface area is 83.7 Å². The smallest absolute Gasteiger partial charge is 0.0712 e. The maximum atomic E-state index is 6.12. The average Bonchev–Trinajstić information content (AvgIpc) is 2.49. The SMILES string of the molecule is CCOCC(C)(N)c1ccc(C)s1. The van der Waals surface area contributed by atoms with Crippen molar-refractivity contribution in [1.82, 2.24) is 0 Å². The van der Waals surface area contributed by atoms with Gasteiger partial charge in [0.05, 0.1) is 12.1 Å². The van der Waals surface area contributed by atoms with E-state index in [1.165, 1.54) is 9.75 Å². The van der Waals surface area contributed by atoms with Crippen molar-refractivity contribution in [3.05, 3.63) is 21.9 Å². The number of thiophene rings is 1. The van der Waals surface area contributed by atoms with E-state index in [0.29, 0.717) is 6.61 Å². The van der Waals surface area contributed by atoms with Crippen LogP contribution in [0.4, 0.5) is 0 Å². The lowest BCUT2D eigenvalue weighted by atomic mass is 10.0. The van der Waals surface area contributed by atoms with Crippen LogP contribution in [0.3, 0.4) is 0 Å². The Morgan fingerprint density at radius 1 is 1.54 bits per heavy atom. The summed E-state index contributed by atoms with van der Waals surface area (Å²) in [5.74, 6) is 0. The number of aryl methyl sites for hydroxylation is 1. The van der Waals surface area contributed by atoms with Gasteiger partial charge in [0.1, 0.15) is 0 Å². The van der Waals surface area contributed by atoms with Crippen LogP contribution in [0.2, 0.25) is 0 Å². The quantitative estimate of drug-likeness (QED) is 0.807. The maximum Gasteiger partial charge on any atom is 0.0712 e. The first-order valence-electron chi connectivity index (χ1n) is 4.50. The third-order valence-corrected chi connectivity index (χ3v) is 3.19. The topological polar surface area (TPSA) is 35.2 Å². The molecule has 0 amide bonds. The Balaban J connectivity index is 2.68. The molecule has 0 aromatic carbocycles. The molecule has 1 atom stereocenters. The summed E-state index contributed by atoms with van der Waals surface area (Å²) in [6, 6.07) is 4.18. The largest absolute Gasteiger partial charge is 0.379 e. The van der Waals surface area contributed by atoms with Crippen LogP contribution >= 0.6 is 11.3 Å². The van der Waals surface area contributed by atoms with Gasteiger partial charge in [0.15, 0.2) is 0 Å². The summed E-state index contributed by atoms with van der Waals surface area (Å²) in [4.78, 5) is 2.49. The van der Waals surface area contributed by atoms with Crippen molar-refractivity contribution in [3.63, 3.8) is 0 Å². The Morgan fingerprint density at radius 3 is 2.69 bits per heavy atom. The highest BCUT2D eigenvalue weighted by molar-refractivity contribution is 7.12. The normalized spacial score (nSPS) is 15.7. The Morgan fingerprint density at radius 2 is 2.23 bits per heavy atom. The molecule has 1 unspecified atom stereocenters. The molecule has 2 N–H and O–H groups in total. The van der Waals surface area contributed by atoms with E-state index in [0.717, 1.165) is 6.61 Å². The van der Waals surface area contributed by atoms with Crippen molar-refractivity contribution in [2.75, 3.05) is 13.2 Å². The number of hydrogen-bond acceptors (Lipinski definition) is 3. The molecule has 0 aliphatic carbocycles. The number of hydrogen-bond donors (Lipinski definition) is 1. The third kappa shape index (κ3) is 2.79. The van der Waals surface area contributed by atoms with Gasteiger partial charge in [-0.3, -0.25) is 0 Å². The lowest BCUT2D eigenvalue weighted by molar-refractivity contribution is 0.102. The van der Waals surface area contributed by atoms with Crippen molar-refractivity contribution < 1.29 is 4.74 Å². The highest BCUT2D eigenvalue weighted by Crippen LogP contribution is 2.25. The average molecular weight is 199 g/mol. The van der Waals surface area contributed by atoms with Crippen LogP contribution in [0.25, 0.3) is 0 Å². The van der Waals surface area contributed by atoms with Crippen molar-refractivity contribution in [1.29, 1.82) is 0 Å². The molecule has 0 bridgehead atoms. The van der Waals surface area contributed by atoms with Gasteiger partial charge in [0, 0.05) is 16.4 Å². The molecule has 0 aliphatic heterocycles. The molecule has 1 aromatic rings. The molecule has 0 aliphatic rings. The number of nitrogens with two attached hydrogens (primary N) is 1. The van der Waals surface area contributed by atoms with E-state index in [1.807, 2.05) is 13.8 Å². The summed E-state index contributed by atoms with van der Waals surface area (Å²) in [6.45, 7) is 7.38. The predicted octanol–water partition coefficient (Wildman–Crippen LogP) is 2.27. The first-order valence-corrected chi connectivity index (χ1v) is 5.31. The van der Waals surface area contributed by atoms with E-state index in [1.54, 1.807) is 11.3 Å². The van der Waals surface area contributed by atoms with Gasteiger partial charge >= 0.3 is 0 Å². The first-order chi connectivity index (χ1) is 6.06. The summed E-state index contributed by atoms with van der Waals surface area (Å²) in [5, 5.41) is 0. The minimum atomic E-state index is -0.338. The fourth-order valence-electron chi connectivity index (χ4n) is 1.13. The standard InChI is InChI=1S/C10H17NOS/c1-4-12-7-10(3,11)9-6-5-8(2)13-9/h5-6H,4,7,11H2,1-3H3. The Bertz CT molecular complexity index is 268. The maximum absolute atomic E-state index is 6.12. The van der Waals surface area contributed by atoms with Gasteiger partial charge in [-0.25, -0.2) is 0 Å². The monoisotopic (exact) mass is 199 g/mol. The zero-order chi connectivity index (χ0) is 9.90. The number of rotatable bonds is 4. The van der Waals surface area contributed by atoms with Gasteiger partial charge in [-0.1, -0.05) is 0 Å². The molecule has 0 spiro atoms. The molecular weight excluding hydrogens is 182 g/mol. The second kappa shape index (κ2) is 4.22. The van der Waals surface area contributed by atoms with E-state index in [-0.39, 0.29) is 5.54 Å². The van der Waals surface area contributed by atoms with Crippen LogP contribution in [0, 0.1) is 6.92 Å². The van der Waals surface area contributed by atoms with Crippen LogP contribution in [-0.2, 0) is 10.3 Å². The van der Waals surface area contributed by atoms with E-state index in [2.05, 4.69) is 19.1 Å². The van der Waals surface area contributed by atoms with Crippen LogP contribution in [-0.4, -0.2) is 13.2 Å². The second-order valence-electron chi connectivity index (χ2n) is 3.46. The van der Waals surface area contributed by atoms with Crippen molar-refractivity contribution in [3.8, 4) is 0 Å². The molecule has 2 nitrogen and oxygen atoms in total. The summed E-state index contributed by atoms with van der Waals surface area (Å²) in [5.41, 5.74) is 5.78. The lowest BCUT2D eigenvalue weighted by Gasteiger charge is -2.22. The molecular formula is C10H17NOS. The molecule has 0 radical (unpaired) electrons. The third-order valence-electron chi connectivity index (χ3n) is 1.91. The van der Waals surface area contributed by atoms with Crippen LogP contribution < -0.4 is 5.73 Å². The number of ether oxygens (including phenoxy) is 1. The van der Waals surface area contributed by atoms with E-state index >= 15 is 0 Å². The fourth-order valence-corrected chi connectivity index (χ4v) is 2.04. The lowest BCUT2D eigenvalue weighted by Crippen LogP contribution is -2.37. The molecule has 74 valence electrons. The highest BCUT2D eigenvalue weighted by Gasteiger charge is 2.22. The van der Waals surface area contributed by atoms with Crippen molar-refractivity contribution >= 4 is 11.3 Å². The predicted molar refractivity (Wildman–Crippen MR) is 57.1 cm³/mol. The van der Waals surface area contributed by atoms with Gasteiger partial charge in [-0.05, 0) is 32.9 Å². The van der Waals surface area contributed by atoms with Gasteiger partial charge < -0.3 is 10.5 Å². The van der Waals surface area contributed by atoms with Crippen LogP contribution in [0.5, 0.6) is 0 Å². The first kappa shape index (κ1) is 10.7. The molecule has 0 saturated heterocycles. The minimum absolute atomic E-state index is 0.338. The second-order valence-corrected chi connectivity index (χ2v) is 4.75. The molecule has 1 aromatic heterocycles. The van der Waals surface area contributed by atoms with E-state index in [4.69, 9.17) is 10.5 Å².